The molecule has 1 aromatic carbocycles. The molecule has 3 rings (SSSR count). The summed E-state index contributed by atoms with van der Waals surface area (Å²) in [5, 5.41) is 19.6. The number of amides is 1. The summed E-state index contributed by atoms with van der Waals surface area (Å²) in [6, 6.07) is 13.9. The first-order chi connectivity index (χ1) is 15.4. The van der Waals surface area contributed by atoms with Crippen LogP contribution in [0.15, 0.2) is 54.6 Å². The molecule has 1 aliphatic rings. The molecule has 6 heteroatoms. The first kappa shape index (κ1) is 24.2. The number of aromatic carboxylic acids is 1. The lowest BCUT2D eigenvalue weighted by Crippen LogP contribution is -2.33. The van der Waals surface area contributed by atoms with Gasteiger partial charge in [0.25, 0.3) is 0 Å². The molecule has 0 radical (unpaired) electrons. The average molecular weight is 456 g/mol. The number of carboxylic acids is 1. The highest BCUT2D eigenvalue weighted by molar-refractivity contribution is 7.13. The SMILES string of the molecule is C[C@H](CCCc1ccccc1)[C@@H](O)C=C[C@H]1CCC(=O)N1CCCc1ccc(C(=O)O)s1. The van der Waals surface area contributed by atoms with Gasteiger partial charge in [-0.15, -0.1) is 11.3 Å². The van der Waals surface area contributed by atoms with E-state index in [1.54, 1.807) is 6.07 Å². The summed E-state index contributed by atoms with van der Waals surface area (Å²) in [7, 11) is 0. The van der Waals surface area contributed by atoms with Crippen LogP contribution in [-0.2, 0) is 17.6 Å². The summed E-state index contributed by atoms with van der Waals surface area (Å²) < 4.78 is 0. The van der Waals surface area contributed by atoms with Gasteiger partial charge in [-0.2, -0.15) is 0 Å². The van der Waals surface area contributed by atoms with Gasteiger partial charge in [0.05, 0.1) is 12.1 Å². The van der Waals surface area contributed by atoms with Crippen molar-refractivity contribution in [3.8, 4) is 0 Å². The molecule has 172 valence electrons. The summed E-state index contributed by atoms with van der Waals surface area (Å²) in [4.78, 5) is 26.6. The van der Waals surface area contributed by atoms with Gasteiger partial charge in [0, 0.05) is 17.8 Å². The van der Waals surface area contributed by atoms with Crippen molar-refractivity contribution in [3.63, 3.8) is 0 Å². The Labute approximate surface area is 194 Å². The molecule has 32 heavy (non-hydrogen) atoms. The third-order valence-electron chi connectivity index (χ3n) is 6.15. The molecule has 5 nitrogen and oxygen atoms in total. The van der Waals surface area contributed by atoms with Crippen LogP contribution in [0.4, 0.5) is 0 Å². The fourth-order valence-corrected chi connectivity index (χ4v) is 5.06. The first-order valence-electron chi connectivity index (χ1n) is 11.5. The van der Waals surface area contributed by atoms with Gasteiger partial charge in [-0.1, -0.05) is 49.4 Å². The predicted octanol–water partition coefficient (Wildman–Crippen LogP) is 4.95. The van der Waals surface area contributed by atoms with Gasteiger partial charge < -0.3 is 15.1 Å². The number of carboxylic acid groups (broad SMARTS) is 1. The Bertz CT molecular complexity index is 908. The molecule has 0 spiro atoms. The van der Waals surface area contributed by atoms with Crippen molar-refractivity contribution in [2.45, 2.75) is 64.0 Å². The third kappa shape index (κ3) is 7.04. The molecular weight excluding hydrogens is 422 g/mol. The summed E-state index contributed by atoms with van der Waals surface area (Å²) >= 11 is 1.30. The second-order valence-corrected chi connectivity index (χ2v) is 9.77. The van der Waals surface area contributed by atoms with E-state index in [0.717, 1.165) is 43.4 Å². The zero-order chi connectivity index (χ0) is 22.9. The van der Waals surface area contributed by atoms with Gasteiger partial charge in [-0.05, 0) is 62.1 Å². The Morgan fingerprint density at radius 1 is 1.19 bits per heavy atom. The van der Waals surface area contributed by atoms with Crippen molar-refractivity contribution < 1.29 is 19.8 Å². The third-order valence-corrected chi connectivity index (χ3v) is 7.28. The maximum Gasteiger partial charge on any atom is 0.345 e. The molecular formula is C26H33NO4S. The number of likely N-dealkylation sites (tertiary alicyclic amines) is 1. The van der Waals surface area contributed by atoms with Crippen LogP contribution in [-0.4, -0.2) is 45.7 Å². The van der Waals surface area contributed by atoms with Gasteiger partial charge in [0.1, 0.15) is 4.88 Å². The minimum Gasteiger partial charge on any atom is -0.477 e. The van der Waals surface area contributed by atoms with E-state index < -0.39 is 12.1 Å². The van der Waals surface area contributed by atoms with Crippen molar-refractivity contribution in [1.82, 2.24) is 4.90 Å². The zero-order valence-electron chi connectivity index (χ0n) is 18.7. The largest absolute Gasteiger partial charge is 0.477 e. The zero-order valence-corrected chi connectivity index (χ0v) is 19.5. The topological polar surface area (TPSA) is 77.8 Å². The Balaban J connectivity index is 1.43. The van der Waals surface area contributed by atoms with E-state index in [-0.39, 0.29) is 17.9 Å². The highest BCUT2D eigenvalue weighted by atomic mass is 32.1. The van der Waals surface area contributed by atoms with E-state index in [2.05, 4.69) is 31.2 Å². The fraction of sp³-hybridized carbons (Fsp3) is 0.462. The molecule has 3 atom stereocenters. The summed E-state index contributed by atoms with van der Waals surface area (Å²) in [6.45, 7) is 2.72. The molecule has 1 aliphatic heterocycles. The number of hydrogen-bond acceptors (Lipinski definition) is 4. The first-order valence-corrected chi connectivity index (χ1v) is 12.3. The number of benzene rings is 1. The number of hydrogen-bond donors (Lipinski definition) is 2. The van der Waals surface area contributed by atoms with Crippen molar-refractivity contribution in [1.29, 1.82) is 0 Å². The molecule has 1 saturated heterocycles. The van der Waals surface area contributed by atoms with E-state index in [4.69, 9.17) is 5.11 Å². The number of carbonyl (C=O) groups excluding carboxylic acids is 1. The van der Waals surface area contributed by atoms with Gasteiger partial charge in [0.2, 0.25) is 5.91 Å². The van der Waals surface area contributed by atoms with Crippen LogP contribution in [0.5, 0.6) is 0 Å². The Hall–Kier alpha value is -2.44. The van der Waals surface area contributed by atoms with Crippen LogP contribution in [0.1, 0.15) is 59.1 Å². The van der Waals surface area contributed by atoms with Crippen molar-refractivity contribution in [2.75, 3.05) is 6.54 Å². The highest BCUT2D eigenvalue weighted by Crippen LogP contribution is 2.23. The van der Waals surface area contributed by atoms with Crippen LogP contribution >= 0.6 is 11.3 Å². The Morgan fingerprint density at radius 2 is 1.97 bits per heavy atom. The van der Waals surface area contributed by atoms with Crippen LogP contribution in [0.2, 0.25) is 0 Å². The van der Waals surface area contributed by atoms with Gasteiger partial charge in [-0.3, -0.25) is 4.79 Å². The number of aliphatic hydroxyl groups excluding tert-OH is 1. The number of thiophene rings is 1. The van der Waals surface area contributed by atoms with Crippen molar-refractivity contribution in [2.24, 2.45) is 5.92 Å². The number of rotatable bonds is 12. The smallest absolute Gasteiger partial charge is 0.345 e. The van der Waals surface area contributed by atoms with E-state index in [1.807, 2.05) is 29.2 Å². The molecule has 2 heterocycles. The lowest BCUT2D eigenvalue weighted by Gasteiger charge is -2.23. The Morgan fingerprint density at radius 3 is 2.69 bits per heavy atom. The average Bonchev–Trinajstić information content (AvgIpc) is 3.40. The minimum atomic E-state index is -0.894. The van der Waals surface area contributed by atoms with E-state index in [1.165, 1.54) is 16.9 Å². The maximum absolute atomic E-state index is 12.3. The standard InChI is InChI=1S/C26H33NO4S/c1-19(7-5-10-20-8-3-2-4-9-20)23(28)15-12-21-13-17-25(29)27(21)18-6-11-22-14-16-24(32-22)26(30)31/h2-4,8-9,12,14-16,19,21,23,28H,5-7,10-11,13,17-18H2,1H3,(H,30,31)/t19-,21+,23+/m1/s1. The van der Waals surface area contributed by atoms with Crippen molar-refractivity contribution in [3.05, 3.63) is 69.9 Å². The fourth-order valence-electron chi connectivity index (χ4n) is 4.17. The second-order valence-electron chi connectivity index (χ2n) is 8.60. The van der Waals surface area contributed by atoms with Gasteiger partial charge in [-0.25, -0.2) is 4.79 Å². The van der Waals surface area contributed by atoms with Crippen LogP contribution in [0.25, 0.3) is 0 Å². The number of nitrogens with zero attached hydrogens (tertiary/aromatic N) is 1. The molecule has 0 saturated carbocycles. The van der Waals surface area contributed by atoms with E-state index in [9.17, 15) is 14.7 Å². The molecule has 0 bridgehead atoms. The molecule has 0 unspecified atom stereocenters. The predicted molar refractivity (Wildman–Crippen MR) is 128 cm³/mol. The van der Waals surface area contributed by atoms with Gasteiger partial charge >= 0.3 is 5.97 Å². The molecule has 1 aromatic heterocycles. The monoisotopic (exact) mass is 455 g/mol. The quantitative estimate of drug-likeness (QED) is 0.444. The number of carbonyl (C=O) groups is 2. The number of aliphatic hydroxyl groups is 1. The van der Waals surface area contributed by atoms with Crippen LogP contribution in [0, 0.1) is 5.92 Å². The van der Waals surface area contributed by atoms with Crippen molar-refractivity contribution >= 4 is 23.2 Å². The minimum absolute atomic E-state index is 0.0339. The lowest BCUT2D eigenvalue weighted by atomic mass is 9.95. The molecule has 1 fully saturated rings. The number of aryl methyl sites for hydroxylation is 2. The highest BCUT2D eigenvalue weighted by Gasteiger charge is 2.28. The summed E-state index contributed by atoms with van der Waals surface area (Å²) in [6.07, 6.45) is 9.25. The molecule has 0 aliphatic carbocycles. The maximum atomic E-state index is 12.3. The molecule has 1 amide bonds. The van der Waals surface area contributed by atoms with Gasteiger partial charge in [0.15, 0.2) is 0 Å². The Kier molecular flexibility index (Phi) is 9.06. The second kappa shape index (κ2) is 12.0. The van der Waals surface area contributed by atoms with E-state index >= 15 is 0 Å². The van der Waals surface area contributed by atoms with Crippen LogP contribution in [0.3, 0.4) is 0 Å². The summed E-state index contributed by atoms with van der Waals surface area (Å²) in [5.41, 5.74) is 1.33. The summed E-state index contributed by atoms with van der Waals surface area (Å²) in [5.74, 6) is -0.570. The molecule has 2 aromatic rings. The van der Waals surface area contributed by atoms with Crippen LogP contribution < -0.4 is 0 Å². The van der Waals surface area contributed by atoms with E-state index in [0.29, 0.717) is 17.8 Å². The lowest BCUT2D eigenvalue weighted by molar-refractivity contribution is -0.128. The molecule has 2 N–H and O–H groups in total. The normalized spacial score (nSPS) is 18.4.